The lowest BCUT2D eigenvalue weighted by Crippen LogP contribution is -2.49. The van der Waals surface area contributed by atoms with Crippen LogP contribution in [-0.4, -0.2) is 34.9 Å². The lowest BCUT2D eigenvalue weighted by molar-refractivity contribution is -0.144. The Balaban J connectivity index is 2.02. The molecule has 3 N–H and O–H groups in total. The lowest BCUT2D eigenvalue weighted by Gasteiger charge is -2.40. The Kier molecular flexibility index (Phi) is 4.32. The van der Waals surface area contributed by atoms with Crippen LogP contribution in [0, 0.1) is 11.3 Å². The van der Waals surface area contributed by atoms with Crippen molar-refractivity contribution in [1.29, 1.82) is 0 Å². The van der Waals surface area contributed by atoms with Gasteiger partial charge in [-0.3, -0.25) is 4.79 Å². The zero-order chi connectivity index (χ0) is 13.9. The second-order valence-corrected chi connectivity index (χ2v) is 6.24. The zero-order valence-electron chi connectivity index (χ0n) is 11.8. The molecule has 0 radical (unpaired) electrons. The Morgan fingerprint density at radius 1 is 1.32 bits per heavy atom. The molecule has 2 fully saturated rings. The maximum Gasteiger partial charge on any atom is 0.228 e. The van der Waals surface area contributed by atoms with Gasteiger partial charge in [0.05, 0.1) is 0 Å². The van der Waals surface area contributed by atoms with E-state index in [1.165, 1.54) is 6.42 Å². The van der Waals surface area contributed by atoms with Crippen LogP contribution >= 0.6 is 0 Å². The van der Waals surface area contributed by atoms with Crippen molar-refractivity contribution in [2.75, 3.05) is 13.1 Å². The Bertz CT molecular complexity index is 362. The van der Waals surface area contributed by atoms with Gasteiger partial charge in [0, 0.05) is 24.4 Å². The molecule has 1 amide bonds. The monoisotopic (exact) mass is 267 g/mol. The molecule has 1 atom stereocenters. The predicted molar refractivity (Wildman–Crippen MR) is 73.9 cm³/mol. The van der Waals surface area contributed by atoms with E-state index in [1.54, 1.807) is 0 Å². The molecular weight excluding hydrogens is 242 g/mol. The molecule has 19 heavy (non-hydrogen) atoms. The number of amidine groups is 1. The molecule has 5 nitrogen and oxygen atoms in total. The molecule has 0 bridgehead atoms. The van der Waals surface area contributed by atoms with Crippen LogP contribution in [0.1, 0.15) is 51.9 Å². The highest BCUT2D eigenvalue weighted by Crippen LogP contribution is 2.38. The molecule has 1 saturated carbocycles. The summed E-state index contributed by atoms with van der Waals surface area (Å²) in [5.41, 5.74) is 5.49. The SMILES string of the molecule is CC1(C(=O)N2CCCC(C(N)=NO)C2)CCCCC1. The van der Waals surface area contributed by atoms with Crippen molar-refractivity contribution >= 4 is 11.7 Å². The van der Waals surface area contributed by atoms with E-state index in [-0.39, 0.29) is 23.1 Å². The summed E-state index contributed by atoms with van der Waals surface area (Å²) in [6.07, 6.45) is 7.38. The van der Waals surface area contributed by atoms with Crippen molar-refractivity contribution in [3.63, 3.8) is 0 Å². The van der Waals surface area contributed by atoms with Gasteiger partial charge in [0.25, 0.3) is 0 Å². The summed E-state index contributed by atoms with van der Waals surface area (Å²) >= 11 is 0. The first-order valence-electron chi connectivity index (χ1n) is 7.33. The van der Waals surface area contributed by atoms with E-state index in [9.17, 15) is 4.79 Å². The van der Waals surface area contributed by atoms with Crippen LogP contribution in [0.3, 0.4) is 0 Å². The molecule has 1 aliphatic carbocycles. The number of likely N-dealkylation sites (tertiary alicyclic amines) is 1. The number of nitrogens with zero attached hydrogens (tertiary/aromatic N) is 2. The van der Waals surface area contributed by atoms with E-state index in [2.05, 4.69) is 12.1 Å². The molecular formula is C14H25N3O2. The van der Waals surface area contributed by atoms with Crippen LogP contribution in [0.25, 0.3) is 0 Å². The number of carbonyl (C=O) groups excluding carboxylic acids is 1. The Morgan fingerprint density at radius 3 is 2.63 bits per heavy atom. The number of piperidine rings is 1. The smallest absolute Gasteiger partial charge is 0.228 e. The third-order valence-corrected chi connectivity index (χ3v) is 4.72. The van der Waals surface area contributed by atoms with E-state index in [0.717, 1.165) is 45.1 Å². The fourth-order valence-corrected chi connectivity index (χ4v) is 3.41. The average molecular weight is 267 g/mol. The van der Waals surface area contributed by atoms with E-state index in [1.807, 2.05) is 4.90 Å². The number of oxime groups is 1. The molecule has 1 aliphatic heterocycles. The van der Waals surface area contributed by atoms with Crippen LogP contribution in [-0.2, 0) is 4.79 Å². The number of carbonyl (C=O) groups is 1. The maximum atomic E-state index is 12.7. The number of amides is 1. The molecule has 1 heterocycles. The standard InChI is InChI=1S/C14H25N3O2/c1-14(7-3-2-4-8-14)13(18)17-9-5-6-11(10-17)12(15)16-19/h11,19H,2-10H2,1H3,(H2,15,16). The van der Waals surface area contributed by atoms with Crippen molar-refractivity contribution in [3.05, 3.63) is 0 Å². The van der Waals surface area contributed by atoms with Gasteiger partial charge in [-0.25, -0.2) is 0 Å². The molecule has 0 aromatic rings. The first kappa shape index (κ1) is 14.2. The van der Waals surface area contributed by atoms with Gasteiger partial charge >= 0.3 is 0 Å². The van der Waals surface area contributed by atoms with E-state index < -0.39 is 0 Å². The minimum absolute atomic E-state index is 0.00916. The topological polar surface area (TPSA) is 78.9 Å². The Morgan fingerprint density at radius 2 is 2.00 bits per heavy atom. The van der Waals surface area contributed by atoms with Gasteiger partial charge in [0.15, 0.2) is 0 Å². The third-order valence-electron chi connectivity index (χ3n) is 4.72. The maximum absolute atomic E-state index is 12.7. The quantitative estimate of drug-likeness (QED) is 0.347. The number of hydrogen-bond donors (Lipinski definition) is 2. The fraction of sp³-hybridized carbons (Fsp3) is 0.857. The van der Waals surface area contributed by atoms with Gasteiger partial charge in [-0.2, -0.15) is 0 Å². The average Bonchev–Trinajstić information content (AvgIpc) is 2.46. The molecule has 0 spiro atoms. The summed E-state index contributed by atoms with van der Waals surface area (Å²) in [7, 11) is 0. The normalized spacial score (nSPS) is 28.2. The highest BCUT2D eigenvalue weighted by atomic mass is 16.4. The first-order chi connectivity index (χ1) is 9.07. The largest absolute Gasteiger partial charge is 0.409 e. The van der Waals surface area contributed by atoms with E-state index >= 15 is 0 Å². The molecule has 2 rings (SSSR count). The minimum Gasteiger partial charge on any atom is -0.409 e. The van der Waals surface area contributed by atoms with Gasteiger partial charge in [0.1, 0.15) is 5.84 Å². The van der Waals surface area contributed by atoms with Crippen molar-refractivity contribution < 1.29 is 10.0 Å². The summed E-state index contributed by atoms with van der Waals surface area (Å²) in [5.74, 6) is 0.531. The summed E-state index contributed by atoms with van der Waals surface area (Å²) in [5, 5.41) is 11.9. The first-order valence-corrected chi connectivity index (χ1v) is 7.33. The van der Waals surface area contributed by atoms with Crippen LogP contribution < -0.4 is 5.73 Å². The molecule has 2 aliphatic rings. The Hall–Kier alpha value is -1.26. The van der Waals surface area contributed by atoms with Gasteiger partial charge in [-0.05, 0) is 25.7 Å². The predicted octanol–water partition coefficient (Wildman–Crippen LogP) is 1.94. The van der Waals surface area contributed by atoms with Crippen LogP contribution in [0.2, 0.25) is 0 Å². The second-order valence-electron chi connectivity index (χ2n) is 6.24. The minimum atomic E-state index is -0.189. The van der Waals surface area contributed by atoms with Gasteiger partial charge in [-0.15, -0.1) is 0 Å². The van der Waals surface area contributed by atoms with Gasteiger partial charge in [0.2, 0.25) is 5.91 Å². The molecule has 5 heteroatoms. The molecule has 1 saturated heterocycles. The number of hydrogen-bond acceptors (Lipinski definition) is 3. The van der Waals surface area contributed by atoms with Crippen LogP contribution in [0.5, 0.6) is 0 Å². The summed E-state index contributed by atoms with van der Waals surface area (Å²) in [4.78, 5) is 14.6. The van der Waals surface area contributed by atoms with Crippen LogP contribution in [0.15, 0.2) is 5.16 Å². The highest BCUT2D eigenvalue weighted by molar-refractivity contribution is 5.85. The van der Waals surface area contributed by atoms with E-state index in [0.29, 0.717) is 6.54 Å². The summed E-state index contributed by atoms with van der Waals surface area (Å²) in [6.45, 7) is 3.51. The van der Waals surface area contributed by atoms with Crippen molar-refractivity contribution in [2.45, 2.75) is 51.9 Å². The van der Waals surface area contributed by atoms with Crippen LogP contribution in [0.4, 0.5) is 0 Å². The lowest BCUT2D eigenvalue weighted by atomic mass is 9.74. The van der Waals surface area contributed by atoms with Crippen molar-refractivity contribution in [1.82, 2.24) is 4.90 Å². The second kappa shape index (κ2) is 5.80. The molecule has 108 valence electrons. The Labute approximate surface area is 114 Å². The summed E-state index contributed by atoms with van der Waals surface area (Å²) < 4.78 is 0. The van der Waals surface area contributed by atoms with Crippen molar-refractivity contribution in [3.8, 4) is 0 Å². The number of nitrogens with two attached hydrogens (primary N) is 1. The van der Waals surface area contributed by atoms with Gasteiger partial charge in [-0.1, -0.05) is 31.3 Å². The zero-order valence-corrected chi connectivity index (χ0v) is 11.8. The highest BCUT2D eigenvalue weighted by Gasteiger charge is 2.39. The number of rotatable bonds is 2. The van der Waals surface area contributed by atoms with Crippen molar-refractivity contribution in [2.24, 2.45) is 22.2 Å². The third kappa shape index (κ3) is 3.01. The molecule has 1 unspecified atom stereocenters. The molecule has 0 aromatic heterocycles. The van der Waals surface area contributed by atoms with Gasteiger partial charge < -0.3 is 15.8 Å². The summed E-state index contributed by atoms with van der Waals surface area (Å²) in [6, 6.07) is 0. The molecule has 0 aromatic carbocycles. The fourth-order valence-electron chi connectivity index (χ4n) is 3.41. The van der Waals surface area contributed by atoms with E-state index in [4.69, 9.17) is 10.9 Å².